The van der Waals surface area contributed by atoms with Gasteiger partial charge in [0.05, 0.1) is 5.56 Å². The van der Waals surface area contributed by atoms with E-state index in [0.717, 1.165) is 5.56 Å². The predicted octanol–water partition coefficient (Wildman–Crippen LogP) is 3.10. The number of esters is 1. The van der Waals surface area contributed by atoms with Crippen molar-refractivity contribution < 1.29 is 32.2 Å². The van der Waals surface area contributed by atoms with Gasteiger partial charge in [-0.2, -0.15) is 13.2 Å². The number of carbonyl (C=O) groups excluding carboxylic acids is 2. The van der Waals surface area contributed by atoms with E-state index in [1.165, 1.54) is 12.1 Å². The van der Waals surface area contributed by atoms with Crippen LogP contribution in [-0.2, 0) is 16.1 Å². The van der Waals surface area contributed by atoms with Crippen LogP contribution in [0.1, 0.15) is 15.9 Å². The van der Waals surface area contributed by atoms with Gasteiger partial charge in [0.15, 0.2) is 6.61 Å². The summed E-state index contributed by atoms with van der Waals surface area (Å²) in [6.45, 7) is -1.95. The maximum absolute atomic E-state index is 12.0. The van der Waals surface area contributed by atoms with E-state index >= 15 is 0 Å². The highest BCUT2D eigenvalue weighted by Gasteiger charge is 2.27. The van der Waals surface area contributed by atoms with E-state index < -0.39 is 31.2 Å². The van der Waals surface area contributed by atoms with Crippen LogP contribution in [0.25, 0.3) is 0 Å². The van der Waals surface area contributed by atoms with Gasteiger partial charge in [-0.3, -0.25) is 4.79 Å². The van der Waals surface area contributed by atoms with E-state index in [-0.39, 0.29) is 5.56 Å². The molecule has 0 aliphatic carbocycles. The van der Waals surface area contributed by atoms with Gasteiger partial charge in [-0.1, -0.05) is 30.3 Å². The quantitative estimate of drug-likeness (QED) is 0.764. The number of carbonyl (C=O) groups is 2. The number of alkyl halides is 3. The number of benzene rings is 2. The van der Waals surface area contributed by atoms with Crippen molar-refractivity contribution in [1.29, 1.82) is 0 Å². The standard InChI is InChI=1S/C18H16F3NO4/c19-18(20,21)12-22-16(23)11-26-17(24)14-8-6-13(7-9-14)10-25-15-4-2-1-3-5-15/h1-9H,10-12H2,(H,22,23). The Labute approximate surface area is 147 Å². The summed E-state index contributed by atoms with van der Waals surface area (Å²) in [5, 5.41) is 1.61. The lowest BCUT2D eigenvalue weighted by molar-refractivity contribution is -0.140. The maximum atomic E-state index is 12.0. The van der Waals surface area contributed by atoms with Crippen molar-refractivity contribution in [2.24, 2.45) is 0 Å². The minimum absolute atomic E-state index is 0.178. The van der Waals surface area contributed by atoms with Crippen molar-refractivity contribution in [3.63, 3.8) is 0 Å². The molecule has 0 aliphatic heterocycles. The molecule has 0 saturated carbocycles. The highest BCUT2D eigenvalue weighted by atomic mass is 19.4. The second-order valence-electron chi connectivity index (χ2n) is 5.27. The first-order valence-corrected chi connectivity index (χ1v) is 7.61. The Balaban J connectivity index is 1.78. The molecule has 0 heterocycles. The fraction of sp³-hybridized carbons (Fsp3) is 0.222. The second-order valence-corrected chi connectivity index (χ2v) is 5.27. The summed E-state index contributed by atoms with van der Waals surface area (Å²) >= 11 is 0. The van der Waals surface area contributed by atoms with Crippen LogP contribution in [0.5, 0.6) is 5.75 Å². The third-order valence-electron chi connectivity index (χ3n) is 3.16. The summed E-state index contributed by atoms with van der Waals surface area (Å²) in [6, 6.07) is 15.5. The number of ether oxygens (including phenoxy) is 2. The van der Waals surface area contributed by atoms with Crippen molar-refractivity contribution in [2.75, 3.05) is 13.2 Å². The number of para-hydroxylation sites is 1. The molecule has 0 unspecified atom stereocenters. The molecule has 0 spiro atoms. The van der Waals surface area contributed by atoms with Gasteiger partial charge in [0, 0.05) is 0 Å². The summed E-state index contributed by atoms with van der Waals surface area (Å²) in [6.07, 6.45) is -4.52. The minimum atomic E-state index is -4.52. The predicted molar refractivity (Wildman–Crippen MR) is 86.6 cm³/mol. The summed E-state index contributed by atoms with van der Waals surface area (Å²) in [5.74, 6) is -1.12. The van der Waals surface area contributed by atoms with Crippen molar-refractivity contribution in [3.8, 4) is 5.75 Å². The van der Waals surface area contributed by atoms with E-state index in [2.05, 4.69) is 4.74 Å². The van der Waals surface area contributed by atoms with Gasteiger partial charge < -0.3 is 14.8 Å². The van der Waals surface area contributed by atoms with Gasteiger partial charge in [-0.25, -0.2) is 4.79 Å². The largest absolute Gasteiger partial charge is 0.489 e. The van der Waals surface area contributed by atoms with Crippen molar-refractivity contribution >= 4 is 11.9 Å². The van der Waals surface area contributed by atoms with E-state index in [1.807, 2.05) is 30.3 Å². The molecule has 1 amide bonds. The number of nitrogens with one attached hydrogen (secondary N) is 1. The monoisotopic (exact) mass is 367 g/mol. The molecule has 0 atom stereocenters. The molecule has 5 nitrogen and oxygen atoms in total. The first kappa shape index (κ1) is 19.3. The van der Waals surface area contributed by atoms with Gasteiger partial charge >= 0.3 is 12.1 Å². The number of rotatable bonds is 7. The Morgan fingerprint density at radius 1 is 0.962 bits per heavy atom. The molecule has 0 saturated heterocycles. The summed E-state index contributed by atoms with van der Waals surface area (Å²) < 4.78 is 46.1. The first-order chi connectivity index (χ1) is 12.3. The molecular formula is C18H16F3NO4. The van der Waals surface area contributed by atoms with Crippen LogP contribution in [0, 0.1) is 0 Å². The molecule has 0 radical (unpaired) electrons. The van der Waals surface area contributed by atoms with Gasteiger partial charge in [0.2, 0.25) is 0 Å². The van der Waals surface area contributed by atoms with Crippen LogP contribution < -0.4 is 10.1 Å². The smallest absolute Gasteiger partial charge is 0.405 e. The lowest BCUT2D eigenvalue weighted by Crippen LogP contribution is -2.36. The molecule has 2 aromatic carbocycles. The zero-order valence-electron chi connectivity index (χ0n) is 13.6. The SMILES string of the molecule is O=C(COC(=O)c1ccc(COc2ccccc2)cc1)NCC(F)(F)F. The van der Waals surface area contributed by atoms with Crippen molar-refractivity contribution in [2.45, 2.75) is 12.8 Å². The van der Waals surface area contributed by atoms with Gasteiger partial charge in [0.1, 0.15) is 18.9 Å². The Bertz CT molecular complexity index is 730. The Hall–Kier alpha value is -3.03. The molecule has 0 fully saturated rings. The van der Waals surface area contributed by atoms with Gasteiger partial charge in [0.25, 0.3) is 5.91 Å². The van der Waals surface area contributed by atoms with Crippen LogP contribution in [0.4, 0.5) is 13.2 Å². The molecule has 26 heavy (non-hydrogen) atoms. The third-order valence-corrected chi connectivity index (χ3v) is 3.16. The molecule has 1 N–H and O–H groups in total. The molecule has 0 bridgehead atoms. The van der Waals surface area contributed by atoms with Crippen LogP contribution in [0.3, 0.4) is 0 Å². The van der Waals surface area contributed by atoms with E-state index in [1.54, 1.807) is 17.4 Å². The van der Waals surface area contributed by atoms with Crippen LogP contribution in [-0.4, -0.2) is 31.2 Å². The lowest BCUT2D eigenvalue weighted by Gasteiger charge is -2.09. The van der Waals surface area contributed by atoms with E-state index in [9.17, 15) is 22.8 Å². The molecule has 8 heteroatoms. The first-order valence-electron chi connectivity index (χ1n) is 7.61. The fourth-order valence-electron chi connectivity index (χ4n) is 1.88. The van der Waals surface area contributed by atoms with Crippen LogP contribution >= 0.6 is 0 Å². The minimum Gasteiger partial charge on any atom is -0.489 e. The average Bonchev–Trinajstić information content (AvgIpc) is 2.63. The van der Waals surface area contributed by atoms with Crippen molar-refractivity contribution in [3.05, 3.63) is 65.7 Å². The van der Waals surface area contributed by atoms with Gasteiger partial charge in [-0.15, -0.1) is 0 Å². The molecule has 2 aromatic rings. The number of hydrogen-bond donors (Lipinski definition) is 1. The summed E-state index contributed by atoms with van der Waals surface area (Å²) in [7, 11) is 0. The normalized spacial score (nSPS) is 10.9. The average molecular weight is 367 g/mol. The maximum Gasteiger partial charge on any atom is 0.405 e. The zero-order chi connectivity index (χ0) is 19.0. The number of amides is 1. The third kappa shape index (κ3) is 6.84. The topological polar surface area (TPSA) is 64.6 Å². The lowest BCUT2D eigenvalue weighted by atomic mass is 10.1. The van der Waals surface area contributed by atoms with E-state index in [4.69, 9.17) is 4.74 Å². The van der Waals surface area contributed by atoms with E-state index in [0.29, 0.717) is 12.4 Å². The Kier molecular flexibility index (Phi) is 6.60. The number of hydrogen-bond acceptors (Lipinski definition) is 4. The highest BCUT2D eigenvalue weighted by molar-refractivity contribution is 5.91. The van der Waals surface area contributed by atoms with Crippen LogP contribution in [0.15, 0.2) is 54.6 Å². The molecule has 2 rings (SSSR count). The van der Waals surface area contributed by atoms with Crippen LogP contribution in [0.2, 0.25) is 0 Å². The molecular weight excluding hydrogens is 351 g/mol. The van der Waals surface area contributed by atoms with Gasteiger partial charge in [-0.05, 0) is 29.8 Å². The van der Waals surface area contributed by atoms with Crippen molar-refractivity contribution in [1.82, 2.24) is 5.32 Å². The Morgan fingerprint density at radius 2 is 1.62 bits per heavy atom. The molecule has 0 aliphatic rings. The second kappa shape index (κ2) is 8.89. The fourth-order valence-corrected chi connectivity index (χ4v) is 1.88. The Morgan fingerprint density at radius 3 is 2.23 bits per heavy atom. The summed E-state index contributed by atoms with van der Waals surface area (Å²) in [5.41, 5.74) is 0.991. The zero-order valence-corrected chi connectivity index (χ0v) is 13.6. The molecule has 0 aromatic heterocycles. The number of halogens is 3. The molecule has 138 valence electrons. The highest BCUT2D eigenvalue weighted by Crippen LogP contribution is 2.13. The summed E-state index contributed by atoms with van der Waals surface area (Å²) in [4.78, 5) is 23.0.